The molecule has 1 aliphatic rings. The Labute approximate surface area is 127 Å². The molecular weight excluding hydrogens is 288 g/mol. The summed E-state index contributed by atoms with van der Waals surface area (Å²) in [5.41, 5.74) is 1.42. The Bertz CT molecular complexity index is 669. The van der Waals surface area contributed by atoms with Gasteiger partial charge in [-0.05, 0) is 38.3 Å². The van der Waals surface area contributed by atoms with E-state index in [-0.39, 0.29) is 6.10 Å². The first-order valence-corrected chi connectivity index (χ1v) is 7.67. The van der Waals surface area contributed by atoms with Crippen LogP contribution in [0.3, 0.4) is 0 Å². The van der Waals surface area contributed by atoms with Gasteiger partial charge in [0.25, 0.3) is 0 Å². The molecule has 0 radical (unpaired) electrons. The molecule has 3 rings (SSSR count). The average molecular weight is 304 g/mol. The summed E-state index contributed by atoms with van der Waals surface area (Å²) in [6.45, 7) is 1.98. The van der Waals surface area contributed by atoms with Crippen molar-refractivity contribution in [2.24, 2.45) is 0 Å². The van der Waals surface area contributed by atoms with Gasteiger partial charge in [0, 0.05) is 6.20 Å². The summed E-state index contributed by atoms with van der Waals surface area (Å²) in [6.07, 6.45) is 4.16. The van der Waals surface area contributed by atoms with E-state index in [1.807, 2.05) is 6.92 Å². The number of rotatable bonds is 3. The number of carbonyl (C=O) groups excluding carboxylic acids is 1. The quantitative estimate of drug-likeness (QED) is 0.815. The van der Waals surface area contributed by atoms with E-state index in [2.05, 4.69) is 9.97 Å². The lowest BCUT2D eigenvalue weighted by Gasteiger charge is -2.21. The predicted molar refractivity (Wildman–Crippen MR) is 78.7 cm³/mol. The smallest absolute Gasteiger partial charge is 0.344 e. The third-order valence-electron chi connectivity index (χ3n) is 3.44. The molecule has 0 spiro atoms. The molecule has 6 heteroatoms. The molecule has 0 unspecified atom stereocenters. The van der Waals surface area contributed by atoms with Crippen LogP contribution in [0.1, 0.15) is 44.9 Å². The molecule has 21 heavy (non-hydrogen) atoms. The molecule has 0 saturated carbocycles. The Morgan fingerprint density at radius 1 is 1.48 bits per heavy atom. The van der Waals surface area contributed by atoms with E-state index >= 15 is 0 Å². The molecule has 110 valence electrons. The molecule has 0 aromatic carbocycles. The monoisotopic (exact) mass is 304 g/mol. The first-order valence-electron chi connectivity index (χ1n) is 6.85. The van der Waals surface area contributed by atoms with Crippen molar-refractivity contribution in [3.63, 3.8) is 0 Å². The van der Waals surface area contributed by atoms with Gasteiger partial charge in [-0.2, -0.15) is 0 Å². The van der Waals surface area contributed by atoms with E-state index < -0.39 is 5.97 Å². The van der Waals surface area contributed by atoms with Gasteiger partial charge in [-0.1, -0.05) is 0 Å². The maximum atomic E-state index is 12.4. The van der Waals surface area contributed by atoms with E-state index in [1.54, 1.807) is 29.7 Å². The largest absolute Gasteiger partial charge is 0.480 e. The van der Waals surface area contributed by atoms with Gasteiger partial charge in [0.05, 0.1) is 22.7 Å². The topological polar surface area (TPSA) is 61.3 Å². The van der Waals surface area contributed by atoms with Crippen LogP contribution in [0.5, 0.6) is 5.88 Å². The Morgan fingerprint density at radius 2 is 2.33 bits per heavy atom. The fourth-order valence-electron chi connectivity index (χ4n) is 2.52. The summed E-state index contributed by atoms with van der Waals surface area (Å²) >= 11 is 1.61. The molecule has 5 nitrogen and oxygen atoms in total. The van der Waals surface area contributed by atoms with Gasteiger partial charge in [-0.3, -0.25) is 0 Å². The molecule has 0 bridgehead atoms. The molecule has 2 aromatic rings. The molecule has 0 saturated heterocycles. The maximum absolute atomic E-state index is 12.4. The summed E-state index contributed by atoms with van der Waals surface area (Å²) in [7, 11) is 1.49. The number of methoxy groups -OCH3 is 1. The number of hydrogen-bond donors (Lipinski definition) is 0. The van der Waals surface area contributed by atoms with Gasteiger partial charge in [0.2, 0.25) is 5.88 Å². The van der Waals surface area contributed by atoms with Crippen molar-refractivity contribution in [2.45, 2.75) is 32.3 Å². The fraction of sp³-hybridized carbons (Fsp3) is 0.400. The van der Waals surface area contributed by atoms with Crippen molar-refractivity contribution in [1.82, 2.24) is 9.97 Å². The standard InChI is InChI=1S/C15H16N2O3S/c1-9-17-11-6-3-7-12(13(11)21-9)20-15(18)10-5-4-8-16-14(10)19-2/h4-5,8,12H,3,6-7H2,1-2H3/t12-/m1/s1. The highest BCUT2D eigenvalue weighted by Gasteiger charge is 2.28. The van der Waals surface area contributed by atoms with Crippen LogP contribution in [0.25, 0.3) is 0 Å². The van der Waals surface area contributed by atoms with Crippen LogP contribution >= 0.6 is 11.3 Å². The molecule has 2 heterocycles. The van der Waals surface area contributed by atoms with Crippen LogP contribution < -0.4 is 4.74 Å². The molecule has 2 aromatic heterocycles. The number of pyridine rings is 1. The highest BCUT2D eigenvalue weighted by molar-refractivity contribution is 7.11. The number of hydrogen-bond acceptors (Lipinski definition) is 6. The first-order chi connectivity index (χ1) is 10.2. The number of fused-ring (bicyclic) bond motifs is 1. The molecule has 0 aliphatic heterocycles. The van der Waals surface area contributed by atoms with E-state index in [4.69, 9.17) is 9.47 Å². The second kappa shape index (κ2) is 5.81. The number of carbonyl (C=O) groups is 1. The Balaban J connectivity index is 1.82. The summed E-state index contributed by atoms with van der Waals surface area (Å²) in [4.78, 5) is 22.0. The summed E-state index contributed by atoms with van der Waals surface area (Å²) in [5, 5.41) is 1.02. The molecule has 1 aliphatic carbocycles. The van der Waals surface area contributed by atoms with Crippen molar-refractivity contribution in [3.05, 3.63) is 39.5 Å². The minimum Gasteiger partial charge on any atom is -0.480 e. The van der Waals surface area contributed by atoms with E-state index in [1.165, 1.54) is 7.11 Å². The zero-order chi connectivity index (χ0) is 14.8. The second-order valence-corrected chi connectivity index (χ2v) is 6.13. The van der Waals surface area contributed by atoms with Crippen molar-refractivity contribution >= 4 is 17.3 Å². The van der Waals surface area contributed by atoms with Crippen molar-refractivity contribution < 1.29 is 14.3 Å². The fourth-order valence-corrected chi connectivity index (χ4v) is 3.55. The minimum absolute atomic E-state index is 0.211. The van der Waals surface area contributed by atoms with Crippen LogP contribution in [-0.2, 0) is 11.2 Å². The highest BCUT2D eigenvalue weighted by Crippen LogP contribution is 2.37. The van der Waals surface area contributed by atoms with Crippen molar-refractivity contribution in [1.29, 1.82) is 0 Å². The van der Waals surface area contributed by atoms with E-state index in [0.29, 0.717) is 11.4 Å². The highest BCUT2D eigenvalue weighted by atomic mass is 32.1. The number of nitrogens with zero attached hydrogens (tertiary/aromatic N) is 2. The van der Waals surface area contributed by atoms with Crippen LogP contribution in [-0.4, -0.2) is 23.0 Å². The summed E-state index contributed by atoms with van der Waals surface area (Å²) in [6, 6.07) is 3.36. The van der Waals surface area contributed by atoms with Gasteiger partial charge >= 0.3 is 5.97 Å². The molecule has 0 fully saturated rings. The van der Waals surface area contributed by atoms with Crippen LogP contribution in [0, 0.1) is 6.92 Å². The lowest BCUT2D eigenvalue weighted by atomic mass is 10.0. The predicted octanol–water partition coefficient (Wildman–Crippen LogP) is 3.09. The van der Waals surface area contributed by atoms with Crippen molar-refractivity contribution in [2.75, 3.05) is 7.11 Å². The van der Waals surface area contributed by atoms with Crippen molar-refractivity contribution in [3.8, 4) is 5.88 Å². The first kappa shape index (κ1) is 14.0. The van der Waals surface area contributed by atoms with Gasteiger partial charge in [0.15, 0.2) is 0 Å². The molecular formula is C15H16N2O3S. The van der Waals surface area contributed by atoms with Gasteiger partial charge in [-0.25, -0.2) is 14.8 Å². The average Bonchev–Trinajstić information content (AvgIpc) is 2.88. The SMILES string of the molecule is COc1ncccc1C(=O)O[C@@H]1CCCc2nc(C)sc21. The van der Waals surface area contributed by atoms with Gasteiger partial charge in [-0.15, -0.1) is 11.3 Å². The Morgan fingerprint density at radius 3 is 3.14 bits per heavy atom. The number of thiazole rings is 1. The lowest BCUT2D eigenvalue weighted by molar-refractivity contribution is 0.0260. The summed E-state index contributed by atoms with van der Waals surface area (Å²) < 4.78 is 10.8. The molecule has 0 amide bonds. The Kier molecular flexibility index (Phi) is 3.88. The van der Waals surface area contributed by atoms with E-state index in [0.717, 1.165) is 34.8 Å². The maximum Gasteiger partial charge on any atom is 0.344 e. The van der Waals surface area contributed by atoms with Gasteiger partial charge in [0.1, 0.15) is 11.7 Å². The number of aromatic nitrogens is 2. The van der Waals surface area contributed by atoms with E-state index in [9.17, 15) is 4.79 Å². The third kappa shape index (κ3) is 2.76. The van der Waals surface area contributed by atoms with Crippen LogP contribution in [0.2, 0.25) is 0 Å². The summed E-state index contributed by atoms with van der Waals surface area (Å²) in [5.74, 6) is -0.108. The zero-order valence-corrected chi connectivity index (χ0v) is 12.8. The second-order valence-electron chi connectivity index (χ2n) is 4.89. The molecule has 1 atom stereocenters. The molecule has 0 N–H and O–H groups in total. The third-order valence-corrected chi connectivity index (χ3v) is 4.55. The van der Waals surface area contributed by atoms with Gasteiger partial charge < -0.3 is 9.47 Å². The lowest BCUT2D eigenvalue weighted by Crippen LogP contribution is -2.16. The minimum atomic E-state index is -0.399. The number of aryl methyl sites for hydroxylation is 2. The Hall–Kier alpha value is -1.95. The van der Waals surface area contributed by atoms with Crippen LogP contribution in [0.15, 0.2) is 18.3 Å². The zero-order valence-electron chi connectivity index (χ0n) is 12.0. The van der Waals surface area contributed by atoms with Crippen LogP contribution in [0.4, 0.5) is 0 Å². The number of ether oxygens (including phenoxy) is 2. The number of esters is 1. The normalized spacial score (nSPS) is 17.1.